The first-order chi connectivity index (χ1) is 9.16. The summed E-state index contributed by atoms with van der Waals surface area (Å²) in [5.41, 5.74) is 6.99. The molecule has 0 saturated heterocycles. The molecule has 1 fully saturated rings. The molecule has 0 radical (unpaired) electrons. The number of aliphatic imine (C=N–C) groups is 1. The van der Waals surface area contributed by atoms with E-state index in [1.54, 1.807) is 12.3 Å². The first-order valence-electron chi connectivity index (χ1n) is 6.61. The van der Waals surface area contributed by atoms with Gasteiger partial charge in [-0.25, -0.2) is 4.99 Å². The molecule has 2 nitrogen and oxygen atoms in total. The van der Waals surface area contributed by atoms with Crippen LogP contribution in [0.1, 0.15) is 37.7 Å². The molecule has 0 unspecified atom stereocenters. The Morgan fingerprint density at radius 3 is 2.58 bits per heavy atom. The van der Waals surface area contributed by atoms with E-state index in [4.69, 9.17) is 28.9 Å². The predicted octanol–water partition coefficient (Wildman–Crippen LogP) is 4.90. The third-order valence-corrected chi connectivity index (χ3v) is 4.20. The summed E-state index contributed by atoms with van der Waals surface area (Å²) in [7, 11) is 0. The van der Waals surface area contributed by atoms with Gasteiger partial charge in [-0.2, -0.15) is 0 Å². The maximum absolute atomic E-state index is 6.02. The zero-order chi connectivity index (χ0) is 13.7. The summed E-state index contributed by atoms with van der Waals surface area (Å²) in [6.45, 7) is 0. The molecule has 19 heavy (non-hydrogen) atoms. The first kappa shape index (κ1) is 14.4. The molecule has 0 amide bonds. The lowest BCUT2D eigenvalue weighted by molar-refractivity contribution is 0.437. The van der Waals surface area contributed by atoms with Gasteiger partial charge in [-0.15, -0.1) is 0 Å². The summed E-state index contributed by atoms with van der Waals surface area (Å²) in [6, 6.07) is 5.49. The summed E-state index contributed by atoms with van der Waals surface area (Å²) in [5, 5.41) is 1.11. The fraction of sp³-hybridized carbons (Fsp3) is 0.400. The van der Waals surface area contributed by atoms with Gasteiger partial charge in [-0.05, 0) is 36.6 Å². The molecule has 0 atom stereocenters. The Morgan fingerprint density at radius 2 is 1.89 bits per heavy atom. The first-order valence-corrected chi connectivity index (χ1v) is 7.37. The molecule has 0 heterocycles. The van der Waals surface area contributed by atoms with Crippen molar-refractivity contribution in [1.82, 2.24) is 0 Å². The lowest BCUT2D eigenvalue weighted by atomic mass is 9.88. The lowest BCUT2D eigenvalue weighted by Gasteiger charge is -2.20. The summed E-state index contributed by atoms with van der Waals surface area (Å²) in [5.74, 6) is 1.20. The summed E-state index contributed by atoms with van der Waals surface area (Å²) >= 11 is 11.8. The van der Waals surface area contributed by atoms with Crippen LogP contribution in [0.5, 0.6) is 0 Å². The van der Waals surface area contributed by atoms with Gasteiger partial charge in [0.25, 0.3) is 0 Å². The van der Waals surface area contributed by atoms with E-state index in [-0.39, 0.29) is 0 Å². The SMILES string of the molecule is NC(=NC=Cc1ccc(Cl)c(Cl)c1)C1CCCCC1. The number of nitrogens with two attached hydrogens (primary N) is 1. The lowest BCUT2D eigenvalue weighted by Crippen LogP contribution is -2.25. The van der Waals surface area contributed by atoms with Gasteiger partial charge in [0.05, 0.1) is 10.0 Å². The molecule has 0 bridgehead atoms. The van der Waals surface area contributed by atoms with Crippen molar-refractivity contribution in [3.8, 4) is 0 Å². The minimum Gasteiger partial charge on any atom is -0.387 e. The fourth-order valence-electron chi connectivity index (χ4n) is 2.33. The smallest absolute Gasteiger partial charge is 0.102 e. The van der Waals surface area contributed by atoms with Gasteiger partial charge in [0.2, 0.25) is 0 Å². The molecule has 1 aromatic rings. The number of hydrogen-bond donors (Lipinski definition) is 1. The molecular formula is C15H18Cl2N2. The van der Waals surface area contributed by atoms with Gasteiger partial charge < -0.3 is 5.73 Å². The topological polar surface area (TPSA) is 38.4 Å². The van der Waals surface area contributed by atoms with Crippen molar-refractivity contribution < 1.29 is 0 Å². The predicted molar refractivity (Wildman–Crippen MR) is 83.7 cm³/mol. The maximum atomic E-state index is 6.02. The average molecular weight is 297 g/mol. The molecule has 2 rings (SSSR count). The Bertz CT molecular complexity index is 489. The molecular weight excluding hydrogens is 279 g/mol. The highest BCUT2D eigenvalue weighted by Crippen LogP contribution is 2.24. The molecule has 2 N–H and O–H groups in total. The van der Waals surface area contributed by atoms with Crippen LogP contribution in [0.4, 0.5) is 0 Å². The third-order valence-electron chi connectivity index (χ3n) is 3.46. The molecule has 102 valence electrons. The van der Waals surface area contributed by atoms with Crippen LogP contribution in [-0.4, -0.2) is 5.84 Å². The van der Waals surface area contributed by atoms with E-state index in [9.17, 15) is 0 Å². The van der Waals surface area contributed by atoms with E-state index in [1.165, 1.54) is 19.3 Å². The Kier molecular flexibility index (Phi) is 5.29. The van der Waals surface area contributed by atoms with Gasteiger partial charge in [-0.3, -0.25) is 0 Å². The Labute approximate surface area is 124 Å². The van der Waals surface area contributed by atoms with Crippen LogP contribution in [0.25, 0.3) is 6.08 Å². The van der Waals surface area contributed by atoms with Gasteiger partial charge in [0, 0.05) is 12.1 Å². The normalized spacial score (nSPS) is 18.1. The van der Waals surface area contributed by atoms with Crippen LogP contribution >= 0.6 is 23.2 Å². The van der Waals surface area contributed by atoms with Crippen molar-refractivity contribution in [3.63, 3.8) is 0 Å². The Morgan fingerprint density at radius 1 is 1.16 bits per heavy atom. The van der Waals surface area contributed by atoms with Crippen LogP contribution in [0.3, 0.4) is 0 Å². The molecule has 1 aliphatic carbocycles. The molecule has 1 saturated carbocycles. The van der Waals surface area contributed by atoms with E-state index in [0.29, 0.717) is 16.0 Å². The standard InChI is InChI=1S/C15H18Cl2N2/c16-13-7-6-11(10-14(13)17)8-9-19-15(18)12-4-2-1-3-5-12/h6-10,12H,1-5H2,(H2,18,19). The Hall–Kier alpha value is -0.990. The molecule has 4 heteroatoms. The zero-order valence-corrected chi connectivity index (χ0v) is 12.3. The second kappa shape index (κ2) is 6.97. The Balaban J connectivity index is 1.99. The minimum absolute atomic E-state index is 0.451. The van der Waals surface area contributed by atoms with Crippen LogP contribution < -0.4 is 5.73 Å². The number of hydrogen-bond acceptors (Lipinski definition) is 1. The van der Waals surface area contributed by atoms with Crippen LogP contribution in [0.2, 0.25) is 10.0 Å². The van der Waals surface area contributed by atoms with Crippen molar-refractivity contribution in [1.29, 1.82) is 0 Å². The van der Waals surface area contributed by atoms with Gasteiger partial charge in [0.1, 0.15) is 5.84 Å². The summed E-state index contributed by atoms with van der Waals surface area (Å²) in [4.78, 5) is 4.33. The molecule has 0 aliphatic heterocycles. The van der Waals surface area contributed by atoms with Crippen molar-refractivity contribution in [2.24, 2.45) is 16.6 Å². The van der Waals surface area contributed by atoms with Crippen molar-refractivity contribution in [2.45, 2.75) is 32.1 Å². The minimum atomic E-state index is 0.451. The fourth-order valence-corrected chi connectivity index (χ4v) is 2.64. The number of rotatable bonds is 3. The highest BCUT2D eigenvalue weighted by molar-refractivity contribution is 6.42. The molecule has 1 aromatic carbocycles. The molecule has 0 spiro atoms. The molecule has 0 aromatic heterocycles. The molecule has 1 aliphatic rings. The van der Waals surface area contributed by atoms with E-state index >= 15 is 0 Å². The average Bonchev–Trinajstić information content (AvgIpc) is 2.43. The zero-order valence-electron chi connectivity index (χ0n) is 10.8. The van der Waals surface area contributed by atoms with Crippen molar-refractivity contribution in [2.75, 3.05) is 0 Å². The van der Waals surface area contributed by atoms with E-state index in [1.807, 2.05) is 18.2 Å². The number of nitrogens with zero attached hydrogens (tertiary/aromatic N) is 1. The van der Waals surface area contributed by atoms with Crippen LogP contribution in [0.15, 0.2) is 29.4 Å². The number of benzene rings is 1. The van der Waals surface area contributed by atoms with Crippen LogP contribution in [-0.2, 0) is 0 Å². The van der Waals surface area contributed by atoms with Crippen molar-refractivity contribution >= 4 is 35.1 Å². The third kappa shape index (κ3) is 4.26. The van der Waals surface area contributed by atoms with E-state index in [0.717, 1.165) is 24.2 Å². The highest BCUT2D eigenvalue weighted by Gasteiger charge is 2.16. The van der Waals surface area contributed by atoms with Gasteiger partial charge >= 0.3 is 0 Å². The maximum Gasteiger partial charge on any atom is 0.102 e. The largest absolute Gasteiger partial charge is 0.387 e. The highest BCUT2D eigenvalue weighted by atomic mass is 35.5. The van der Waals surface area contributed by atoms with E-state index in [2.05, 4.69) is 4.99 Å². The second-order valence-electron chi connectivity index (χ2n) is 4.88. The number of halogens is 2. The monoisotopic (exact) mass is 296 g/mol. The van der Waals surface area contributed by atoms with E-state index < -0.39 is 0 Å². The number of amidine groups is 1. The summed E-state index contributed by atoms with van der Waals surface area (Å²) < 4.78 is 0. The van der Waals surface area contributed by atoms with Gasteiger partial charge in [-0.1, -0.05) is 48.5 Å². The summed E-state index contributed by atoms with van der Waals surface area (Å²) in [6.07, 6.45) is 9.80. The van der Waals surface area contributed by atoms with Gasteiger partial charge in [0.15, 0.2) is 0 Å². The van der Waals surface area contributed by atoms with Crippen molar-refractivity contribution in [3.05, 3.63) is 40.0 Å². The van der Waals surface area contributed by atoms with Crippen LogP contribution in [0, 0.1) is 5.92 Å². The second-order valence-corrected chi connectivity index (χ2v) is 5.69. The quantitative estimate of drug-likeness (QED) is 0.625.